The average molecular weight is 359 g/mol. The lowest BCUT2D eigenvalue weighted by atomic mass is 9.58. The van der Waals surface area contributed by atoms with E-state index in [0.29, 0.717) is 26.2 Å². The van der Waals surface area contributed by atoms with Crippen molar-refractivity contribution >= 4 is 17.6 Å². The summed E-state index contributed by atoms with van der Waals surface area (Å²) in [5.41, 5.74) is 0.947. The van der Waals surface area contributed by atoms with E-state index in [9.17, 15) is 19.1 Å². The number of carboxylic acid groups (broad SMARTS) is 1. The number of hydrogen-bond donors (Lipinski definition) is 0. The maximum absolute atomic E-state index is 13.1. The molecule has 0 aromatic heterocycles. The fourth-order valence-electron chi connectivity index (χ4n) is 5.19. The lowest BCUT2D eigenvalue weighted by molar-refractivity contribution is -0.318. The summed E-state index contributed by atoms with van der Waals surface area (Å²) in [6.45, 7) is 2.50. The molecule has 6 heteroatoms. The first kappa shape index (κ1) is 17.3. The minimum absolute atomic E-state index is 0.00708. The topological polar surface area (TPSA) is 63.7 Å². The summed E-state index contributed by atoms with van der Waals surface area (Å²) in [5.74, 6) is -2.07. The molecule has 2 atom stereocenters. The smallest absolute Gasteiger partial charge is 0.226 e. The number of halogens is 1. The van der Waals surface area contributed by atoms with E-state index in [-0.39, 0.29) is 23.6 Å². The Balaban J connectivity index is 1.43. The van der Waals surface area contributed by atoms with Crippen LogP contribution in [-0.4, -0.2) is 43.0 Å². The van der Waals surface area contributed by atoms with Crippen LogP contribution in [0.4, 0.5) is 10.1 Å². The predicted octanol–water partition coefficient (Wildman–Crippen LogP) is 1.28. The van der Waals surface area contributed by atoms with Gasteiger partial charge in [-0.15, -0.1) is 0 Å². The summed E-state index contributed by atoms with van der Waals surface area (Å²) in [5, 5.41) is 11.7. The minimum Gasteiger partial charge on any atom is -0.550 e. The quantitative estimate of drug-likeness (QED) is 0.816. The van der Waals surface area contributed by atoms with Gasteiger partial charge in [0, 0.05) is 49.7 Å². The van der Waals surface area contributed by atoms with Gasteiger partial charge in [0.2, 0.25) is 5.91 Å². The molecular weight excluding hydrogens is 335 g/mol. The van der Waals surface area contributed by atoms with Crippen molar-refractivity contribution in [3.63, 3.8) is 0 Å². The standard InChI is InChI=1S/C20H25FN2O3/c21-15-5-7-16(8-6-15)22-9-11-23(12-10-22)19(24)17-13-1-3-14(4-2-13)18(17)20(25)26/h5-8,13-14,17-18H,1-4,9-12H2,(H,25,26)/p-1/t13?,14?,17-,18+/m1/s1. The molecule has 4 aliphatic rings. The van der Waals surface area contributed by atoms with Crippen molar-refractivity contribution in [1.82, 2.24) is 4.90 Å². The molecule has 1 aliphatic heterocycles. The van der Waals surface area contributed by atoms with Crippen LogP contribution in [-0.2, 0) is 9.59 Å². The second kappa shape index (κ2) is 6.89. The van der Waals surface area contributed by atoms with E-state index in [1.807, 2.05) is 4.90 Å². The zero-order chi connectivity index (χ0) is 18.3. The molecule has 5 nitrogen and oxygen atoms in total. The van der Waals surface area contributed by atoms with E-state index in [1.54, 1.807) is 12.1 Å². The van der Waals surface area contributed by atoms with Gasteiger partial charge in [-0.3, -0.25) is 4.79 Å². The highest BCUT2D eigenvalue weighted by Crippen LogP contribution is 2.49. The zero-order valence-electron chi connectivity index (χ0n) is 14.8. The Morgan fingerprint density at radius 1 is 0.885 bits per heavy atom. The molecule has 1 heterocycles. The largest absolute Gasteiger partial charge is 0.550 e. The molecule has 26 heavy (non-hydrogen) atoms. The molecule has 1 aromatic carbocycles. The first-order valence-electron chi connectivity index (χ1n) is 9.55. The van der Waals surface area contributed by atoms with Gasteiger partial charge in [-0.25, -0.2) is 4.39 Å². The number of piperazine rings is 1. The van der Waals surface area contributed by atoms with Gasteiger partial charge in [0.1, 0.15) is 5.82 Å². The van der Waals surface area contributed by atoms with E-state index in [2.05, 4.69) is 4.90 Å². The Kier molecular flexibility index (Phi) is 4.59. The van der Waals surface area contributed by atoms with Crippen LogP contribution in [0.3, 0.4) is 0 Å². The number of fused-ring (bicyclic) bond motifs is 3. The number of carbonyl (C=O) groups is 2. The van der Waals surface area contributed by atoms with Crippen LogP contribution in [0.5, 0.6) is 0 Å². The highest BCUT2D eigenvalue weighted by atomic mass is 19.1. The number of aliphatic carboxylic acids is 1. The first-order valence-corrected chi connectivity index (χ1v) is 9.55. The van der Waals surface area contributed by atoms with E-state index in [4.69, 9.17) is 0 Å². The molecule has 140 valence electrons. The molecule has 0 radical (unpaired) electrons. The number of amides is 1. The highest BCUT2D eigenvalue weighted by molar-refractivity contribution is 5.85. The highest BCUT2D eigenvalue weighted by Gasteiger charge is 2.48. The minimum atomic E-state index is -1.05. The number of carboxylic acids is 1. The van der Waals surface area contributed by atoms with E-state index < -0.39 is 17.8 Å². The van der Waals surface area contributed by atoms with Crippen molar-refractivity contribution in [1.29, 1.82) is 0 Å². The molecule has 1 amide bonds. The van der Waals surface area contributed by atoms with Gasteiger partial charge in [0.25, 0.3) is 0 Å². The van der Waals surface area contributed by atoms with Gasteiger partial charge in [-0.2, -0.15) is 0 Å². The molecule has 0 unspecified atom stereocenters. The number of rotatable bonds is 3. The van der Waals surface area contributed by atoms with Crippen molar-refractivity contribution in [3.8, 4) is 0 Å². The van der Waals surface area contributed by atoms with Crippen molar-refractivity contribution in [2.75, 3.05) is 31.1 Å². The molecule has 5 rings (SSSR count). The molecule has 3 aliphatic carbocycles. The summed E-state index contributed by atoms with van der Waals surface area (Å²) < 4.78 is 13.1. The maximum Gasteiger partial charge on any atom is 0.226 e. The summed E-state index contributed by atoms with van der Waals surface area (Å²) >= 11 is 0. The fourth-order valence-corrected chi connectivity index (χ4v) is 5.19. The van der Waals surface area contributed by atoms with E-state index in [0.717, 1.165) is 31.4 Å². The third-order valence-corrected chi connectivity index (χ3v) is 6.56. The van der Waals surface area contributed by atoms with Crippen LogP contribution < -0.4 is 10.0 Å². The Morgan fingerprint density at radius 2 is 1.42 bits per heavy atom. The van der Waals surface area contributed by atoms with E-state index >= 15 is 0 Å². The van der Waals surface area contributed by atoms with Gasteiger partial charge >= 0.3 is 0 Å². The number of nitrogens with zero attached hydrogens (tertiary/aromatic N) is 2. The van der Waals surface area contributed by atoms with Gasteiger partial charge in [-0.1, -0.05) is 0 Å². The van der Waals surface area contributed by atoms with Gasteiger partial charge in [-0.05, 0) is 61.8 Å². The number of anilines is 1. The summed E-state index contributed by atoms with van der Waals surface area (Å²) in [7, 11) is 0. The van der Waals surface area contributed by atoms with Crippen molar-refractivity contribution in [3.05, 3.63) is 30.1 Å². The van der Waals surface area contributed by atoms with Crippen LogP contribution in [0.1, 0.15) is 25.7 Å². The lowest BCUT2D eigenvalue weighted by Crippen LogP contribution is -2.57. The van der Waals surface area contributed by atoms with Crippen molar-refractivity contribution in [2.45, 2.75) is 25.7 Å². The van der Waals surface area contributed by atoms with Crippen LogP contribution in [0.25, 0.3) is 0 Å². The third-order valence-electron chi connectivity index (χ3n) is 6.56. The average Bonchev–Trinajstić information content (AvgIpc) is 2.68. The Hall–Kier alpha value is -2.11. The lowest BCUT2D eigenvalue weighted by Gasteiger charge is -2.50. The van der Waals surface area contributed by atoms with Crippen LogP contribution in [0, 0.1) is 29.5 Å². The van der Waals surface area contributed by atoms with Gasteiger partial charge in [0.05, 0.1) is 0 Å². The zero-order valence-corrected chi connectivity index (χ0v) is 14.8. The van der Waals surface area contributed by atoms with Crippen molar-refractivity contribution < 1.29 is 19.1 Å². The maximum atomic E-state index is 13.1. The summed E-state index contributed by atoms with van der Waals surface area (Å²) in [6.07, 6.45) is 3.73. The number of carbonyl (C=O) groups excluding carboxylic acids is 2. The second-order valence-corrected chi connectivity index (χ2v) is 7.83. The Labute approximate surface area is 152 Å². The SMILES string of the molecule is O=C([O-])[C@H]1C2CCC(CC2)[C@H]1C(=O)N1CCN(c2ccc(F)cc2)CC1. The molecule has 0 N–H and O–H groups in total. The fraction of sp³-hybridized carbons (Fsp3) is 0.600. The van der Waals surface area contributed by atoms with Crippen LogP contribution >= 0.6 is 0 Å². The normalized spacial score (nSPS) is 31.1. The molecule has 2 bridgehead atoms. The van der Waals surface area contributed by atoms with E-state index in [1.165, 1.54) is 12.1 Å². The predicted molar refractivity (Wildman–Crippen MR) is 92.6 cm³/mol. The molecular formula is C20H24FN2O3-. The molecule has 4 fully saturated rings. The monoisotopic (exact) mass is 359 g/mol. The third kappa shape index (κ3) is 3.06. The molecule has 0 spiro atoms. The van der Waals surface area contributed by atoms with Gasteiger partial charge in [0.15, 0.2) is 0 Å². The summed E-state index contributed by atoms with van der Waals surface area (Å²) in [6, 6.07) is 6.38. The van der Waals surface area contributed by atoms with Gasteiger partial charge < -0.3 is 19.7 Å². The first-order chi connectivity index (χ1) is 12.5. The second-order valence-electron chi connectivity index (χ2n) is 7.83. The Morgan fingerprint density at radius 3 is 1.96 bits per heavy atom. The molecule has 1 saturated heterocycles. The Bertz CT molecular complexity index is 677. The van der Waals surface area contributed by atoms with Crippen molar-refractivity contribution in [2.24, 2.45) is 23.7 Å². The molecule has 3 saturated carbocycles. The number of benzene rings is 1. The summed E-state index contributed by atoms with van der Waals surface area (Å²) in [4.78, 5) is 28.8. The molecule has 1 aromatic rings. The number of hydrogen-bond acceptors (Lipinski definition) is 4. The van der Waals surface area contributed by atoms with Crippen LogP contribution in [0.15, 0.2) is 24.3 Å². The van der Waals surface area contributed by atoms with Crippen LogP contribution in [0.2, 0.25) is 0 Å².